The summed E-state index contributed by atoms with van der Waals surface area (Å²) in [7, 11) is 0. The molecule has 1 atom stereocenters. The summed E-state index contributed by atoms with van der Waals surface area (Å²) >= 11 is 0. The van der Waals surface area contributed by atoms with E-state index in [1.165, 1.54) is 24.3 Å². The van der Waals surface area contributed by atoms with Gasteiger partial charge in [0, 0.05) is 12.6 Å². The molecule has 0 fully saturated rings. The standard InChI is InChI=1S/C14H19FN2O2/c1-11(2)17(8-7-16)9-13(18)10-19-14-5-3-12(15)4-6-14/h3-6,11,13,18H,8-10H2,1-2H3. The van der Waals surface area contributed by atoms with E-state index in [2.05, 4.69) is 6.07 Å². The topological polar surface area (TPSA) is 56.5 Å². The zero-order chi connectivity index (χ0) is 14.3. The summed E-state index contributed by atoms with van der Waals surface area (Å²) in [4.78, 5) is 1.86. The molecule has 1 aromatic carbocycles. The van der Waals surface area contributed by atoms with Gasteiger partial charge in [0.15, 0.2) is 0 Å². The molecule has 0 aromatic heterocycles. The molecule has 4 nitrogen and oxygen atoms in total. The monoisotopic (exact) mass is 266 g/mol. The van der Waals surface area contributed by atoms with E-state index in [-0.39, 0.29) is 25.0 Å². The number of aliphatic hydroxyl groups excluding tert-OH is 1. The Bertz CT molecular complexity index is 414. The van der Waals surface area contributed by atoms with Crippen LogP contribution in [0.1, 0.15) is 13.8 Å². The van der Waals surface area contributed by atoms with Crippen molar-refractivity contribution in [1.82, 2.24) is 4.90 Å². The quantitative estimate of drug-likeness (QED) is 0.765. The van der Waals surface area contributed by atoms with E-state index >= 15 is 0 Å². The Kier molecular flexibility index (Phi) is 6.26. The van der Waals surface area contributed by atoms with Crippen molar-refractivity contribution in [2.75, 3.05) is 19.7 Å². The number of rotatable bonds is 7. The predicted molar refractivity (Wildman–Crippen MR) is 70.2 cm³/mol. The molecule has 0 radical (unpaired) electrons. The molecule has 0 aliphatic rings. The molecule has 0 aliphatic heterocycles. The Balaban J connectivity index is 2.40. The Hall–Kier alpha value is -1.64. The Morgan fingerprint density at radius 2 is 2.00 bits per heavy atom. The number of nitrogens with zero attached hydrogens (tertiary/aromatic N) is 2. The van der Waals surface area contributed by atoms with Crippen molar-refractivity contribution >= 4 is 0 Å². The molecule has 19 heavy (non-hydrogen) atoms. The van der Waals surface area contributed by atoms with Crippen LogP contribution in [0.3, 0.4) is 0 Å². The molecule has 0 heterocycles. The van der Waals surface area contributed by atoms with Gasteiger partial charge in [0.25, 0.3) is 0 Å². The van der Waals surface area contributed by atoms with Crippen LogP contribution < -0.4 is 4.74 Å². The number of halogens is 1. The molecule has 0 amide bonds. The molecule has 1 aromatic rings. The average molecular weight is 266 g/mol. The van der Waals surface area contributed by atoms with Gasteiger partial charge in [-0.05, 0) is 38.1 Å². The second-order valence-electron chi connectivity index (χ2n) is 4.60. The Morgan fingerprint density at radius 3 is 2.53 bits per heavy atom. The number of ether oxygens (including phenoxy) is 1. The first-order chi connectivity index (χ1) is 9.02. The van der Waals surface area contributed by atoms with Crippen molar-refractivity contribution in [1.29, 1.82) is 5.26 Å². The van der Waals surface area contributed by atoms with Gasteiger partial charge in [-0.1, -0.05) is 0 Å². The van der Waals surface area contributed by atoms with Gasteiger partial charge in [-0.15, -0.1) is 0 Å². The van der Waals surface area contributed by atoms with E-state index in [4.69, 9.17) is 10.00 Å². The van der Waals surface area contributed by atoms with E-state index in [9.17, 15) is 9.50 Å². The molecule has 1 N–H and O–H groups in total. The summed E-state index contributed by atoms with van der Waals surface area (Å²) in [5, 5.41) is 18.6. The Morgan fingerprint density at radius 1 is 1.37 bits per heavy atom. The maximum atomic E-state index is 12.7. The molecule has 0 bridgehead atoms. The second-order valence-corrected chi connectivity index (χ2v) is 4.60. The summed E-state index contributed by atoms with van der Waals surface area (Å²) in [6.07, 6.45) is -0.694. The molecule has 104 valence electrons. The number of benzene rings is 1. The van der Waals surface area contributed by atoms with Crippen LogP contribution >= 0.6 is 0 Å². The largest absolute Gasteiger partial charge is 0.491 e. The van der Waals surface area contributed by atoms with Gasteiger partial charge in [-0.25, -0.2) is 4.39 Å². The predicted octanol–water partition coefficient (Wildman–Crippen LogP) is 1.80. The minimum absolute atomic E-state index is 0.111. The van der Waals surface area contributed by atoms with Gasteiger partial charge in [-0.2, -0.15) is 5.26 Å². The van der Waals surface area contributed by atoms with Crippen LogP contribution in [0.25, 0.3) is 0 Å². The van der Waals surface area contributed by atoms with Gasteiger partial charge < -0.3 is 9.84 Å². The summed E-state index contributed by atoms with van der Waals surface area (Å²) < 4.78 is 18.0. The number of hydrogen-bond acceptors (Lipinski definition) is 4. The molecule has 0 saturated heterocycles. The third kappa shape index (κ3) is 5.69. The molecule has 0 saturated carbocycles. The third-order valence-corrected chi connectivity index (χ3v) is 2.71. The van der Waals surface area contributed by atoms with Crippen LogP contribution in [-0.4, -0.2) is 41.8 Å². The highest BCUT2D eigenvalue weighted by Gasteiger charge is 2.14. The van der Waals surface area contributed by atoms with E-state index in [0.717, 1.165) is 0 Å². The fraction of sp³-hybridized carbons (Fsp3) is 0.500. The maximum absolute atomic E-state index is 12.7. The molecule has 5 heteroatoms. The fourth-order valence-corrected chi connectivity index (χ4v) is 1.60. The van der Waals surface area contributed by atoms with E-state index in [1.54, 1.807) is 0 Å². The van der Waals surface area contributed by atoms with E-state index in [1.807, 2.05) is 18.7 Å². The van der Waals surface area contributed by atoms with Gasteiger partial charge in [0.2, 0.25) is 0 Å². The highest BCUT2D eigenvalue weighted by atomic mass is 19.1. The summed E-state index contributed by atoms with van der Waals surface area (Å²) in [5.74, 6) is 0.185. The molecular formula is C14H19FN2O2. The summed E-state index contributed by atoms with van der Waals surface area (Å²) in [5.41, 5.74) is 0. The van der Waals surface area contributed by atoms with Gasteiger partial charge in [-0.3, -0.25) is 4.90 Å². The van der Waals surface area contributed by atoms with Crippen LogP contribution in [0, 0.1) is 17.1 Å². The zero-order valence-corrected chi connectivity index (χ0v) is 11.2. The van der Waals surface area contributed by atoms with Crippen LogP contribution in [-0.2, 0) is 0 Å². The van der Waals surface area contributed by atoms with Crippen molar-refractivity contribution in [3.63, 3.8) is 0 Å². The van der Waals surface area contributed by atoms with Crippen molar-refractivity contribution < 1.29 is 14.2 Å². The lowest BCUT2D eigenvalue weighted by atomic mass is 10.2. The number of nitriles is 1. The van der Waals surface area contributed by atoms with E-state index < -0.39 is 6.10 Å². The Labute approximate surface area is 113 Å². The minimum Gasteiger partial charge on any atom is -0.491 e. The van der Waals surface area contributed by atoms with Crippen molar-refractivity contribution in [3.8, 4) is 11.8 Å². The van der Waals surface area contributed by atoms with Gasteiger partial charge in [0.1, 0.15) is 24.3 Å². The first kappa shape index (κ1) is 15.4. The van der Waals surface area contributed by atoms with E-state index in [0.29, 0.717) is 12.3 Å². The van der Waals surface area contributed by atoms with Crippen molar-refractivity contribution in [2.24, 2.45) is 0 Å². The number of aliphatic hydroxyl groups is 1. The smallest absolute Gasteiger partial charge is 0.123 e. The summed E-state index contributed by atoms with van der Waals surface area (Å²) in [6.45, 7) is 4.67. The first-order valence-corrected chi connectivity index (χ1v) is 6.20. The average Bonchev–Trinajstić information content (AvgIpc) is 2.37. The SMILES string of the molecule is CC(C)N(CC#N)CC(O)COc1ccc(F)cc1. The molecule has 0 spiro atoms. The molecule has 1 rings (SSSR count). The van der Waals surface area contributed by atoms with Crippen LogP contribution in [0.2, 0.25) is 0 Å². The van der Waals surface area contributed by atoms with Crippen molar-refractivity contribution in [2.45, 2.75) is 26.0 Å². The minimum atomic E-state index is -0.694. The van der Waals surface area contributed by atoms with Crippen molar-refractivity contribution in [3.05, 3.63) is 30.1 Å². The van der Waals surface area contributed by atoms with Crippen LogP contribution in [0.4, 0.5) is 4.39 Å². The highest BCUT2D eigenvalue weighted by Crippen LogP contribution is 2.11. The lowest BCUT2D eigenvalue weighted by molar-refractivity contribution is 0.0628. The second kappa shape index (κ2) is 7.72. The highest BCUT2D eigenvalue weighted by molar-refractivity contribution is 5.22. The van der Waals surface area contributed by atoms with Crippen LogP contribution in [0.5, 0.6) is 5.75 Å². The first-order valence-electron chi connectivity index (χ1n) is 6.20. The third-order valence-electron chi connectivity index (χ3n) is 2.71. The van der Waals surface area contributed by atoms with Gasteiger partial charge in [0.05, 0.1) is 12.6 Å². The molecule has 0 aliphatic carbocycles. The maximum Gasteiger partial charge on any atom is 0.123 e. The fourth-order valence-electron chi connectivity index (χ4n) is 1.60. The summed E-state index contributed by atoms with van der Waals surface area (Å²) in [6, 6.07) is 7.88. The molecule has 1 unspecified atom stereocenters. The number of hydrogen-bond donors (Lipinski definition) is 1. The normalized spacial score (nSPS) is 12.5. The lowest BCUT2D eigenvalue weighted by Gasteiger charge is -2.26. The van der Waals surface area contributed by atoms with Crippen LogP contribution in [0.15, 0.2) is 24.3 Å². The lowest BCUT2D eigenvalue weighted by Crippen LogP contribution is -2.40. The molecular weight excluding hydrogens is 247 g/mol. The van der Waals surface area contributed by atoms with Gasteiger partial charge >= 0.3 is 0 Å². The zero-order valence-electron chi connectivity index (χ0n) is 11.2.